The zero-order chi connectivity index (χ0) is 25.3. The van der Waals surface area contributed by atoms with E-state index in [0.29, 0.717) is 21.0 Å². The van der Waals surface area contributed by atoms with Crippen molar-refractivity contribution in [3.8, 4) is 5.75 Å². The third-order valence-corrected chi connectivity index (χ3v) is 9.50. The molecule has 2 fully saturated rings. The predicted octanol–water partition coefficient (Wildman–Crippen LogP) is 6.61. The summed E-state index contributed by atoms with van der Waals surface area (Å²) in [6.07, 6.45) is 8.43. The molecule has 2 aliphatic rings. The first-order valence-electron chi connectivity index (χ1n) is 12.8. The lowest BCUT2D eigenvalue weighted by Gasteiger charge is -2.38. The molecule has 0 radical (unpaired) electrons. The fourth-order valence-corrected chi connectivity index (χ4v) is 6.84. The molecule has 3 aromatic rings. The second-order valence-corrected chi connectivity index (χ2v) is 11.6. The van der Waals surface area contributed by atoms with Crippen LogP contribution in [0.15, 0.2) is 56.9 Å². The van der Waals surface area contributed by atoms with Crippen molar-refractivity contribution >= 4 is 40.6 Å². The average molecular weight is 526 g/mol. The quantitative estimate of drug-likeness (QED) is 0.173. The van der Waals surface area contributed by atoms with Crippen molar-refractivity contribution in [3.63, 3.8) is 0 Å². The number of rotatable bonds is 8. The Hall–Kier alpha value is -2.48. The lowest BCUT2D eigenvalue weighted by Crippen LogP contribution is -2.37. The molecule has 1 heterocycles. The van der Waals surface area contributed by atoms with Gasteiger partial charge in [-0.15, -0.1) is 0 Å². The molecule has 3 N–H and O–H groups in total. The van der Waals surface area contributed by atoms with Gasteiger partial charge in [-0.3, -0.25) is 9.59 Å². The molecule has 1 aliphatic carbocycles. The monoisotopic (exact) mass is 525 g/mol. The molecule has 0 unspecified atom stereocenters. The Morgan fingerprint density at radius 2 is 1.67 bits per heavy atom. The van der Waals surface area contributed by atoms with Crippen LogP contribution in [0.4, 0.5) is 17.1 Å². The van der Waals surface area contributed by atoms with Crippen molar-refractivity contribution in [1.29, 1.82) is 0 Å². The summed E-state index contributed by atoms with van der Waals surface area (Å²) in [4.78, 5) is 25.4. The Morgan fingerprint density at radius 3 is 2.33 bits per heavy atom. The van der Waals surface area contributed by atoms with Gasteiger partial charge in [0.25, 0.3) is 10.9 Å². The lowest BCUT2D eigenvalue weighted by molar-refractivity contribution is 0.167. The van der Waals surface area contributed by atoms with Gasteiger partial charge in [0, 0.05) is 13.1 Å². The molecule has 36 heavy (non-hydrogen) atoms. The van der Waals surface area contributed by atoms with Gasteiger partial charge in [0.05, 0.1) is 21.6 Å². The highest BCUT2D eigenvalue weighted by Gasteiger charge is 2.37. The van der Waals surface area contributed by atoms with Crippen molar-refractivity contribution in [2.24, 2.45) is 5.41 Å². The van der Waals surface area contributed by atoms with Gasteiger partial charge in [0.2, 0.25) is 0 Å². The van der Waals surface area contributed by atoms with Gasteiger partial charge < -0.3 is 15.7 Å². The standard InChI is InChI=1S/C28H32ClN3O3S/c1-2-20(18-8-4-3-5-9-18)30-22-23(26(35)25(22)34)31-21-11-10-19(29)27(24(21)33)36-32-16-14-28(15-17-32)12-6-7-13-28/h3-5,8-11,20,30-31,33H,2,6-7,12-17H2,1H3/t20-/m1/s1. The second-order valence-electron chi connectivity index (χ2n) is 10.0. The van der Waals surface area contributed by atoms with Crippen LogP contribution in [0.1, 0.15) is 63.5 Å². The number of halogens is 1. The molecule has 1 atom stereocenters. The summed E-state index contributed by atoms with van der Waals surface area (Å²) >= 11 is 7.95. The maximum atomic E-state index is 12.5. The first-order chi connectivity index (χ1) is 17.4. The molecule has 5 rings (SSSR count). The number of benzene rings is 2. The summed E-state index contributed by atoms with van der Waals surface area (Å²) in [6.45, 7) is 3.94. The van der Waals surface area contributed by atoms with Gasteiger partial charge in [-0.2, -0.15) is 0 Å². The van der Waals surface area contributed by atoms with E-state index in [0.717, 1.165) is 25.1 Å². The van der Waals surface area contributed by atoms with Crippen LogP contribution in [0.25, 0.3) is 0 Å². The largest absolute Gasteiger partial charge is 0.505 e. The lowest BCUT2D eigenvalue weighted by atomic mass is 9.78. The van der Waals surface area contributed by atoms with Gasteiger partial charge in [0.15, 0.2) is 5.75 Å². The molecule has 1 saturated heterocycles. The third-order valence-electron chi connectivity index (χ3n) is 7.85. The summed E-state index contributed by atoms with van der Waals surface area (Å²) in [5.74, 6) is -0.0113. The number of hydrogen-bond donors (Lipinski definition) is 3. The number of nitrogens with one attached hydrogen (secondary N) is 2. The van der Waals surface area contributed by atoms with E-state index in [1.807, 2.05) is 37.3 Å². The molecule has 3 aromatic carbocycles. The van der Waals surface area contributed by atoms with Crippen LogP contribution in [0.2, 0.25) is 5.02 Å². The maximum absolute atomic E-state index is 12.5. The van der Waals surface area contributed by atoms with Gasteiger partial charge in [-0.25, -0.2) is 4.31 Å². The normalized spacial score (nSPS) is 18.5. The number of piperidine rings is 1. The fourth-order valence-electron chi connectivity index (χ4n) is 5.60. The van der Waals surface area contributed by atoms with Gasteiger partial charge in [-0.1, -0.05) is 61.7 Å². The van der Waals surface area contributed by atoms with Crippen LogP contribution in [0.5, 0.6) is 5.75 Å². The van der Waals surface area contributed by atoms with Crippen LogP contribution in [-0.4, -0.2) is 22.5 Å². The van der Waals surface area contributed by atoms with Crippen LogP contribution in [-0.2, 0) is 0 Å². The first kappa shape index (κ1) is 25.2. The fraction of sp³-hybridized carbons (Fsp3) is 0.429. The average Bonchev–Trinajstić information content (AvgIpc) is 3.36. The third kappa shape index (κ3) is 4.89. The Kier molecular flexibility index (Phi) is 7.33. The van der Waals surface area contributed by atoms with E-state index in [2.05, 4.69) is 14.9 Å². The molecular formula is C28H32ClN3O3S. The molecule has 0 amide bonds. The van der Waals surface area contributed by atoms with Crippen molar-refractivity contribution in [1.82, 2.24) is 4.31 Å². The van der Waals surface area contributed by atoms with Crippen molar-refractivity contribution < 1.29 is 5.11 Å². The highest BCUT2D eigenvalue weighted by atomic mass is 35.5. The van der Waals surface area contributed by atoms with Crippen LogP contribution in [0, 0.1) is 5.41 Å². The van der Waals surface area contributed by atoms with Crippen molar-refractivity contribution in [3.05, 3.63) is 73.5 Å². The summed E-state index contributed by atoms with van der Waals surface area (Å²) in [5.41, 5.74) is 1.17. The highest BCUT2D eigenvalue weighted by molar-refractivity contribution is 7.97. The molecule has 190 valence electrons. The van der Waals surface area contributed by atoms with E-state index in [1.54, 1.807) is 12.1 Å². The van der Waals surface area contributed by atoms with Crippen molar-refractivity contribution in [2.75, 3.05) is 23.7 Å². The molecule has 8 heteroatoms. The number of phenolic OH excluding ortho intramolecular Hbond substituents is 1. The summed E-state index contributed by atoms with van der Waals surface area (Å²) in [5, 5.41) is 17.8. The molecule has 1 aliphatic heterocycles. The Morgan fingerprint density at radius 1 is 1.00 bits per heavy atom. The van der Waals surface area contributed by atoms with E-state index in [-0.39, 0.29) is 23.2 Å². The van der Waals surface area contributed by atoms with E-state index in [1.165, 1.54) is 50.5 Å². The number of aromatic hydroxyl groups is 1. The Balaban J connectivity index is 1.32. The zero-order valence-electron chi connectivity index (χ0n) is 20.5. The van der Waals surface area contributed by atoms with Gasteiger partial charge in [-0.05, 0) is 67.2 Å². The van der Waals surface area contributed by atoms with Gasteiger partial charge >= 0.3 is 0 Å². The zero-order valence-corrected chi connectivity index (χ0v) is 22.1. The van der Waals surface area contributed by atoms with E-state index >= 15 is 0 Å². The van der Waals surface area contributed by atoms with E-state index in [9.17, 15) is 14.7 Å². The minimum atomic E-state index is -0.596. The minimum absolute atomic E-state index is 0.0113. The van der Waals surface area contributed by atoms with E-state index in [4.69, 9.17) is 11.6 Å². The molecule has 0 bridgehead atoms. The van der Waals surface area contributed by atoms with Crippen LogP contribution >= 0.6 is 23.5 Å². The Labute approximate surface area is 220 Å². The van der Waals surface area contributed by atoms with Crippen LogP contribution < -0.4 is 21.5 Å². The number of nitrogens with zero attached hydrogens (tertiary/aromatic N) is 1. The Bertz CT molecular complexity index is 1290. The maximum Gasteiger partial charge on any atom is 0.253 e. The van der Waals surface area contributed by atoms with Crippen molar-refractivity contribution in [2.45, 2.75) is 62.8 Å². The minimum Gasteiger partial charge on any atom is -0.505 e. The molecule has 1 spiro atoms. The topological polar surface area (TPSA) is 81.7 Å². The molecule has 1 saturated carbocycles. The molecular weight excluding hydrogens is 494 g/mol. The summed E-state index contributed by atoms with van der Waals surface area (Å²) in [7, 11) is 0. The van der Waals surface area contributed by atoms with Gasteiger partial charge in [0.1, 0.15) is 11.4 Å². The number of hydrogen-bond acceptors (Lipinski definition) is 7. The van der Waals surface area contributed by atoms with Crippen LogP contribution in [0.3, 0.4) is 0 Å². The SMILES string of the molecule is CC[C@@H](Nc1c(Nc2ccc(Cl)c(SN3CCC4(CCCC4)CC3)c2O)c(=O)c1=O)c1ccccc1. The molecule has 6 nitrogen and oxygen atoms in total. The molecule has 0 aromatic heterocycles. The summed E-state index contributed by atoms with van der Waals surface area (Å²) < 4.78 is 2.27. The predicted molar refractivity (Wildman–Crippen MR) is 148 cm³/mol. The van der Waals surface area contributed by atoms with E-state index < -0.39 is 10.9 Å². The number of phenols is 1. The first-order valence-corrected chi connectivity index (χ1v) is 13.9. The number of anilines is 3. The highest BCUT2D eigenvalue weighted by Crippen LogP contribution is 2.49. The second kappa shape index (κ2) is 10.5. The smallest absolute Gasteiger partial charge is 0.253 e. The summed E-state index contributed by atoms with van der Waals surface area (Å²) in [6, 6.07) is 13.1.